The molecule has 5 nitrogen and oxygen atoms in total. The van der Waals surface area contributed by atoms with Crippen LogP contribution >= 0.6 is 24.8 Å². The summed E-state index contributed by atoms with van der Waals surface area (Å²) in [5.41, 5.74) is 0.943. The van der Waals surface area contributed by atoms with E-state index < -0.39 is 0 Å². The van der Waals surface area contributed by atoms with Gasteiger partial charge in [0.05, 0.1) is 6.42 Å². The van der Waals surface area contributed by atoms with Crippen LogP contribution in [0.2, 0.25) is 0 Å². The van der Waals surface area contributed by atoms with Crippen molar-refractivity contribution in [2.24, 2.45) is 0 Å². The van der Waals surface area contributed by atoms with E-state index in [9.17, 15) is 0 Å². The molecule has 2 rings (SSSR count). The van der Waals surface area contributed by atoms with Crippen molar-refractivity contribution in [2.45, 2.75) is 6.42 Å². The Balaban J connectivity index is 0.000000845. The van der Waals surface area contributed by atoms with E-state index >= 15 is 0 Å². The summed E-state index contributed by atoms with van der Waals surface area (Å²) in [4.78, 5) is 4.13. The predicted molar refractivity (Wildman–Crippen MR) is 55.7 cm³/mol. The highest BCUT2D eigenvalue weighted by Gasteiger charge is 1.99. The standard InChI is InChI=1S/C7H7N5.2ClH/c1-2-4-8-6(3-1)5-7-9-11-12-10-7;;/h1-4H,5H2,(H,9,10,11,12);2*1H. The van der Waals surface area contributed by atoms with Crippen LogP contribution in [0.5, 0.6) is 0 Å². The fourth-order valence-electron chi connectivity index (χ4n) is 0.922. The summed E-state index contributed by atoms with van der Waals surface area (Å²) in [6, 6.07) is 5.73. The minimum Gasteiger partial charge on any atom is -0.261 e. The number of hydrogen-bond donors (Lipinski definition) is 1. The summed E-state index contributed by atoms with van der Waals surface area (Å²) < 4.78 is 0. The molecule has 1 N–H and O–H groups in total. The van der Waals surface area contributed by atoms with Crippen molar-refractivity contribution < 1.29 is 0 Å². The molecule has 76 valence electrons. The topological polar surface area (TPSA) is 67.3 Å². The third-order valence-corrected chi connectivity index (χ3v) is 1.45. The summed E-state index contributed by atoms with van der Waals surface area (Å²) in [6.45, 7) is 0. The molecule has 0 amide bonds. The Kier molecular flexibility index (Phi) is 5.74. The van der Waals surface area contributed by atoms with Gasteiger partial charge in [-0.15, -0.1) is 35.0 Å². The van der Waals surface area contributed by atoms with Crippen LogP contribution < -0.4 is 0 Å². The minimum absolute atomic E-state index is 0. The molecule has 0 unspecified atom stereocenters. The summed E-state index contributed by atoms with van der Waals surface area (Å²) in [6.07, 6.45) is 2.37. The van der Waals surface area contributed by atoms with E-state index in [-0.39, 0.29) is 24.8 Å². The number of rotatable bonds is 2. The molecule has 0 radical (unpaired) electrons. The second-order valence-electron chi connectivity index (χ2n) is 2.33. The lowest BCUT2D eigenvalue weighted by Crippen LogP contribution is -1.93. The van der Waals surface area contributed by atoms with E-state index in [0.29, 0.717) is 12.2 Å². The van der Waals surface area contributed by atoms with Crippen molar-refractivity contribution in [2.75, 3.05) is 0 Å². The molecule has 2 aromatic rings. The predicted octanol–water partition coefficient (Wildman–Crippen LogP) is 1.03. The number of hydrogen-bond acceptors (Lipinski definition) is 4. The normalized spacial score (nSPS) is 8.57. The van der Waals surface area contributed by atoms with Crippen LogP contribution in [0.25, 0.3) is 0 Å². The summed E-state index contributed by atoms with van der Waals surface area (Å²) in [5.74, 6) is 0.661. The van der Waals surface area contributed by atoms with E-state index in [2.05, 4.69) is 25.6 Å². The molecule has 0 fully saturated rings. The Morgan fingerprint density at radius 3 is 2.64 bits per heavy atom. The second kappa shape index (κ2) is 6.28. The van der Waals surface area contributed by atoms with Gasteiger partial charge in [0, 0.05) is 11.9 Å². The van der Waals surface area contributed by atoms with Gasteiger partial charge in [-0.3, -0.25) is 4.98 Å². The Morgan fingerprint density at radius 2 is 2.07 bits per heavy atom. The zero-order valence-corrected chi connectivity index (χ0v) is 8.75. The SMILES string of the molecule is Cl.Cl.c1ccc(Cc2nn[nH]n2)nc1. The van der Waals surface area contributed by atoms with Crippen LogP contribution in [0.3, 0.4) is 0 Å². The lowest BCUT2D eigenvalue weighted by Gasteiger charge is -1.92. The highest BCUT2D eigenvalue weighted by Crippen LogP contribution is 1.98. The Morgan fingerprint density at radius 1 is 1.21 bits per heavy atom. The molecule has 0 aromatic carbocycles. The van der Waals surface area contributed by atoms with Crippen LogP contribution in [0.4, 0.5) is 0 Å². The smallest absolute Gasteiger partial charge is 0.180 e. The van der Waals surface area contributed by atoms with Crippen molar-refractivity contribution >= 4 is 24.8 Å². The molecule has 14 heavy (non-hydrogen) atoms. The molecule has 0 aliphatic heterocycles. The molecule has 7 heteroatoms. The van der Waals surface area contributed by atoms with Crippen molar-refractivity contribution in [1.29, 1.82) is 0 Å². The number of nitrogens with zero attached hydrogens (tertiary/aromatic N) is 4. The van der Waals surface area contributed by atoms with Gasteiger partial charge in [0.2, 0.25) is 0 Å². The van der Waals surface area contributed by atoms with Gasteiger partial charge >= 0.3 is 0 Å². The molecule has 0 saturated carbocycles. The lowest BCUT2D eigenvalue weighted by atomic mass is 10.3. The first kappa shape index (κ1) is 12.8. The Labute approximate surface area is 93.2 Å². The zero-order valence-electron chi connectivity index (χ0n) is 7.12. The van der Waals surface area contributed by atoms with E-state index in [1.807, 2.05) is 18.2 Å². The number of aromatic nitrogens is 5. The maximum absolute atomic E-state index is 4.13. The van der Waals surface area contributed by atoms with Gasteiger partial charge in [-0.05, 0) is 12.1 Å². The van der Waals surface area contributed by atoms with Crippen LogP contribution in [0.1, 0.15) is 11.5 Å². The van der Waals surface area contributed by atoms with Gasteiger partial charge in [-0.2, -0.15) is 5.21 Å². The molecule has 2 heterocycles. The van der Waals surface area contributed by atoms with Gasteiger partial charge in [0.25, 0.3) is 0 Å². The van der Waals surface area contributed by atoms with Gasteiger partial charge in [-0.1, -0.05) is 11.3 Å². The fraction of sp³-hybridized carbons (Fsp3) is 0.143. The molecule has 0 saturated heterocycles. The highest BCUT2D eigenvalue weighted by molar-refractivity contribution is 5.85. The van der Waals surface area contributed by atoms with Crippen molar-refractivity contribution in [3.63, 3.8) is 0 Å². The molecule has 0 bridgehead atoms. The average molecular weight is 234 g/mol. The monoisotopic (exact) mass is 233 g/mol. The van der Waals surface area contributed by atoms with Crippen LogP contribution in [0.15, 0.2) is 24.4 Å². The summed E-state index contributed by atoms with van der Waals surface area (Å²) in [7, 11) is 0. The molecule has 0 aliphatic carbocycles. The molecular formula is C7H9Cl2N5. The van der Waals surface area contributed by atoms with E-state index in [1.165, 1.54) is 0 Å². The number of pyridine rings is 1. The van der Waals surface area contributed by atoms with E-state index in [0.717, 1.165) is 5.69 Å². The summed E-state index contributed by atoms with van der Waals surface area (Å²) in [5, 5.41) is 13.5. The number of aromatic amines is 1. The molecule has 0 atom stereocenters. The van der Waals surface area contributed by atoms with Crippen LogP contribution in [-0.2, 0) is 6.42 Å². The van der Waals surface area contributed by atoms with Gasteiger partial charge in [-0.25, -0.2) is 0 Å². The van der Waals surface area contributed by atoms with Gasteiger partial charge in [0.1, 0.15) is 0 Å². The van der Waals surface area contributed by atoms with Crippen molar-refractivity contribution in [3.05, 3.63) is 35.9 Å². The Bertz CT molecular complexity index is 336. The third-order valence-electron chi connectivity index (χ3n) is 1.45. The first-order valence-electron chi connectivity index (χ1n) is 3.57. The van der Waals surface area contributed by atoms with E-state index in [1.54, 1.807) is 6.20 Å². The molecule has 2 aromatic heterocycles. The number of halogens is 2. The van der Waals surface area contributed by atoms with Gasteiger partial charge < -0.3 is 0 Å². The molecule has 0 spiro atoms. The van der Waals surface area contributed by atoms with Crippen molar-refractivity contribution in [3.8, 4) is 0 Å². The quantitative estimate of drug-likeness (QED) is 0.842. The second-order valence-corrected chi connectivity index (χ2v) is 2.33. The minimum atomic E-state index is 0. The zero-order chi connectivity index (χ0) is 8.23. The van der Waals surface area contributed by atoms with Crippen LogP contribution in [0, 0.1) is 0 Å². The number of tetrazole rings is 1. The fourth-order valence-corrected chi connectivity index (χ4v) is 0.922. The first-order chi connectivity index (χ1) is 5.95. The van der Waals surface area contributed by atoms with Crippen LogP contribution in [-0.4, -0.2) is 25.6 Å². The van der Waals surface area contributed by atoms with E-state index in [4.69, 9.17) is 0 Å². The van der Waals surface area contributed by atoms with Gasteiger partial charge in [0.15, 0.2) is 5.82 Å². The number of nitrogens with one attached hydrogen (secondary N) is 1. The third kappa shape index (κ3) is 3.27. The Hall–Kier alpha value is -1.20. The summed E-state index contributed by atoms with van der Waals surface area (Å²) >= 11 is 0. The lowest BCUT2D eigenvalue weighted by molar-refractivity contribution is 0.881. The largest absolute Gasteiger partial charge is 0.261 e. The number of H-pyrrole nitrogens is 1. The van der Waals surface area contributed by atoms with Crippen molar-refractivity contribution in [1.82, 2.24) is 25.6 Å². The molecule has 0 aliphatic rings. The maximum atomic E-state index is 4.13. The first-order valence-corrected chi connectivity index (χ1v) is 3.57. The maximum Gasteiger partial charge on any atom is 0.180 e. The highest BCUT2D eigenvalue weighted by atomic mass is 35.5. The molecular weight excluding hydrogens is 225 g/mol. The average Bonchev–Trinajstić information content (AvgIpc) is 2.59.